The molecule has 0 fully saturated rings. The van der Waals surface area contributed by atoms with Crippen molar-refractivity contribution in [2.75, 3.05) is 6.61 Å². The van der Waals surface area contributed by atoms with Crippen LogP contribution in [0.2, 0.25) is 0 Å². The highest BCUT2D eigenvalue weighted by Gasteiger charge is 2.11. The number of fused-ring (bicyclic) bond motifs is 2. The molecule has 4 aromatic carbocycles. The number of aryl methyl sites for hydroxylation is 2. The van der Waals surface area contributed by atoms with Crippen LogP contribution >= 0.6 is 0 Å². The van der Waals surface area contributed by atoms with Gasteiger partial charge < -0.3 is 14.0 Å². The van der Waals surface area contributed by atoms with Gasteiger partial charge in [0.15, 0.2) is 0 Å². The number of hydrogen-bond donors (Lipinski definition) is 0. The Morgan fingerprint density at radius 1 is 0.727 bits per heavy atom. The molecule has 5 aromatic rings. The van der Waals surface area contributed by atoms with Gasteiger partial charge in [-0.15, -0.1) is 0 Å². The molecule has 0 aliphatic carbocycles. The van der Waals surface area contributed by atoms with Crippen LogP contribution < -0.4 is 9.47 Å². The van der Waals surface area contributed by atoms with Crippen molar-refractivity contribution in [3.8, 4) is 11.5 Å². The summed E-state index contributed by atoms with van der Waals surface area (Å²) in [6, 6.07) is 31.0. The maximum absolute atomic E-state index is 6.16. The topological polar surface area (TPSA) is 36.3 Å². The van der Waals surface area contributed by atoms with Crippen LogP contribution in [-0.4, -0.2) is 16.2 Å². The Morgan fingerprint density at radius 2 is 1.55 bits per heavy atom. The summed E-state index contributed by atoms with van der Waals surface area (Å²) < 4.78 is 14.4. The van der Waals surface area contributed by atoms with Gasteiger partial charge in [-0.2, -0.15) is 0 Å². The molecule has 0 bridgehead atoms. The van der Waals surface area contributed by atoms with E-state index in [1.54, 1.807) is 0 Å². The number of unbranched alkanes of at least 4 members (excludes halogenated alkanes) is 1. The number of para-hydroxylation sites is 2. The predicted octanol–water partition coefficient (Wildman–Crippen LogP) is 6.94. The highest BCUT2D eigenvalue weighted by molar-refractivity contribution is 5.83. The Hall–Kier alpha value is -3.79. The number of nitrogens with zero attached hydrogens (tertiary/aromatic N) is 2. The molecular formula is C29H28N2O2. The third-order valence-corrected chi connectivity index (χ3v) is 5.86. The molecule has 0 unspecified atom stereocenters. The maximum atomic E-state index is 6.16. The van der Waals surface area contributed by atoms with Gasteiger partial charge in [0.2, 0.25) is 0 Å². The van der Waals surface area contributed by atoms with E-state index in [1.807, 2.05) is 30.3 Å². The van der Waals surface area contributed by atoms with Crippen molar-refractivity contribution in [2.24, 2.45) is 0 Å². The molecule has 0 atom stereocenters. The number of ether oxygens (including phenoxy) is 2. The summed E-state index contributed by atoms with van der Waals surface area (Å²) in [5.41, 5.74) is 3.37. The Bertz CT molecular complexity index is 1370. The van der Waals surface area contributed by atoms with Crippen LogP contribution in [0, 0.1) is 6.92 Å². The summed E-state index contributed by atoms with van der Waals surface area (Å²) >= 11 is 0. The molecule has 0 aliphatic rings. The van der Waals surface area contributed by atoms with Crippen molar-refractivity contribution in [3.63, 3.8) is 0 Å². The van der Waals surface area contributed by atoms with Crippen molar-refractivity contribution in [1.82, 2.24) is 9.55 Å². The summed E-state index contributed by atoms with van der Waals surface area (Å²) in [5, 5.41) is 2.39. The van der Waals surface area contributed by atoms with Crippen LogP contribution in [0.25, 0.3) is 21.8 Å². The van der Waals surface area contributed by atoms with Gasteiger partial charge >= 0.3 is 0 Å². The van der Waals surface area contributed by atoms with Gasteiger partial charge in [-0.25, -0.2) is 4.98 Å². The average molecular weight is 437 g/mol. The summed E-state index contributed by atoms with van der Waals surface area (Å²) in [5.74, 6) is 2.75. The first-order chi connectivity index (χ1) is 16.3. The number of aromatic nitrogens is 2. The summed E-state index contributed by atoms with van der Waals surface area (Å²) in [6.45, 7) is 4.11. The van der Waals surface area contributed by atoms with Gasteiger partial charge in [-0.3, -0.25) is 0 Å². The monoisotopic (exact) mass is 436 g/mol. The minimum absolute atomic E-state index is 0.437. The van der Waals surface area contributed by atoms with Crippen LogP contribution in [0.4, 0.5) is 0 Å². The summed E-state index contributed by atoms with van der Waals surface area (Å²) in [4.78, 5) is 4.85. The molecule has 0 aliphatic heterocycles. The van der Waals surface area contributed by atoms with Crippen molar-refractivity contribution in [3.05, 3.63) is 102 Å². The lowest BCUT2D eigenvalue weighted by molar-refractivity contribution is 0.285. The minimum atomic E-state index is 0.437. The van der Waals surface area contributed by atoms with E-state index in [9.17, 15) is 0 Å². The average Bonchev–Trinajstić information content (AvgIpc) is 3.20. The minimum Gasteiger partial charge on any atom is -0.494 e. The van der Waals surface area contributed by atoms with Crippen LogP contribution in [0.5, 0.6) is 11.5 Å². The molecule has 5 rings (SSSR count). The molecule has 33 heavy (non-hydrogen) atoms. The summed E-state index contributed by atoms with van der Waals surface area (Å²) in [7, 11) is 0. The largest absolute Gasteiger partial charge is 0.494 e. The van der Waals surface area contributed by atoms with E-state index in [-0.39, 0.29) is 0 Å². The molecule has 1 heterocycles. The molecule has 166 valence electrons. The number of rotatable bonds is 9. The first-order valence-electron chi connectivity index (χ1n) is 11.5. The van der Waals surface area contributed by atoms with Crippen molar-refractivity contribution in [1.29, 1.82) is 0 Å². The second-order valence-corrected chi connectivity index (χ2v) is 8.34. The molecule has 4 heteroatoms. The van der Waals surface area contributed by atoms with E-state index in [2.05, 4.69) is 72.2 Å². The van der Waals surface area contributed by atoms with Crippen LogP contribution in [0.1, 0.15) is 24.2 Å². The van der Waals surface area contributed by atoms with Crippen molar-refractivity contribution >= 4 is 21.8 Å². The SMILES string of the molecule is Cc1cccc(OCCCCn2c(COc3ccc4ccccc4c3)nc3ccccc32)c1. The highest BCUT2D eigenvalue weighted by Crippen LogP contribution is 2.23. The molecule has 4 nitrogen and oxygen atoms in total. The molecule has 0 N–H and O–H groups in total. The predicted molar refractivity (Wildman–Crippen MR) is 134 cm³/mol. The van der Waals surface area contributed by atoms with Gasteiger partial charge in [-0.1, -0.05) is 54.6 Å². The Labute approximate surface area is 194 Å². The van der Waals surface area contributed by atoms with E-state index in [0.717, 1.165) is 47.7 Å². The van der Waals surface area contributed by atoms with Gasteiger partial charge in [0.05, 0.1) is 17.6 Å². The fourth-order valence-corrected chi connectivity index (χ4v) is 4.16. The fourth-order valence-electron chi connectivity index (χ4n) is 4.16. The standard InChI is InChI=1S/C29H28N2O2/c1-22-9-8-12-25(19-22)32-18-7-6-17-31-28-14-5-4-13-27(28)30-29(31)21-33-26-16-15-23-10-2-3-11-24(23)20-26/h2-5,8-16,19-20H,6-7,17-18,21H2,1H3. The third-order valence-electron chi connectivity index (χ3n) is 5.86. The zero-order valence-corrected chi connectivity index (χ0v) is 18.9. The molecule has 0 radical (unpaired) electrons. The van der Waals surface area contributed by atoms with Gasteiger partial charge in [0, 0.05) is 6.54 Å². The zero-order chi connectivity index (χ0) is 22.5. The molecule has 0 spiro atoms. The third kappa shape index (κ3) is 5.01. The second kappa shape index (κ2) is 9.78. The Balaban J connectivity index is 1.24. The normalized spacial score (nSPS) is 11.2. The van der Waals surface area contributed by atoms with Crippen molar-refractivity contribution < 1.29 is 9.47 Å². The number of hydrogen-bond acceptors (Lipinski definition) is 3. The zero-order valence-electron chi connectivity index (χ0n) is 18.9. The van der Waals surface area contributed by atoms with Crippen LogP contribution in [0.15, 0.2) is 91.0 Å². The molecular weight excluding hydrogens is 408 g/mol. The van der Waals surface area contributed by atoms with E-state index in [0.29, 0.717) is 13.2 Å². The van der Waals surface area contributed by atoms with Gasteiger partial charge in [0.1, 0.15) is 23.9 Å². The molecule has 0 saturated heterocycles. The quantitative estimate of drug-likeness (QED) is 0.235. The first-order valence-corrected chi connectivity index (χ1v) is 11.5. The van der Waals surface area contributed by atoms with Gasteiger partial charge in [0.25, 0.3) is 0 Å². The van der Waals surface area contributed by atoms with E-state index < -0.39 is 0 Å². The summed E-state index contributed by atoms with van der Waals surface area (Å²) in [6.07, 6.45) is 1.99. The highest BCUT2D eigenvalue weighted by atomic mass is 16.5. The van der Waals surface area contributed by atoms with E-state index in [1.165, 1.54) is 16.3 Å². The lowest BCUT2D eigenvalue weighted by atomic mass is 10.1. The van der Waals surface area contributed by atoms with E-state index in [4.69, 9.17) is 14.5 Å². The van der Waals surface area contributed by atoms with E-state index >= 15 is 0 Å². The molecule has 0 amide bonds. The van der Waals surface area contributed by atoms with Crippen LogP contribution in [0.3, 0.4) is 0 Å². The Kier molecular flexibility index (Phi) is 6.25. The maximum Gasteiger partial charge on any atom is 0.147 e. The smallest absolute Gasteiger partial charge is 0.147 e. The fraction of sp³-hybridized carbons (Fsp3) is 0.207. The lowest BCUT2D eigenvalue weighted by Gasteiger charge is -2.12. The number of imidazole rings is 1. The molecule has 1 aromatic heterocycles. The Morgan fingerprint density at radius 3 is 2.45 bits per heavy atom. The first kappa shape index (κ1) is 21.1. The second-order valence-electron chi connectivity index (χ2n) is 8.34. The van der Waals surface area contributed by atoms with Gasteiger partial charge in [-0.05, 0) is 72.5 Å². The lowest BCUT2D eigenvalue weighted by Crippen LogP contribution is -2.09. The van der Waals surface area contributed by atoms with Crippen molar-refractivity contribution in [2.45, 2.75) is 32.9 Å². The van der Waals surface area contributed by atoms with Crippen LogP contribution in [-0.2, 0) is 13.2 Å². The molecule has 0 saturated carbocycles. The number of benzene rings is 4.